The Morgan fingerprint density at radius 2 is 2.35 bits per heavy atom. The highest BCUT2D eigenvalue weighted by Crippen LogP contribution is 2.31. The van der Waals surface area contributed by atoms with E-state index in [9.17, 15) is 4.79 Å². The topological polar surface area (TPSA) is 66.9 Å². The van der Waals surface area contributed by atoms with E-state index in [1.54, 1.807) is 0 Å². The van der Waals surface area contributed by atoms with Gasteiger partial charge >= 0.3 is 0 Å². The smallest absolute Gasteiger partial charge is 0.233 e. The molecule has 1 fully saturated rings. The van der Waals surface area contributed by atoms with Crippen molar-refractivity contribution >= 4 is 34.1 Å². The fraction of sp³-hybridized carbons (Fsp3) is 0.700. The quantitative estimate of drug-likeness (QED) is 0.772. The summed E-state index contributed by atoms with van der Waals surface area (Å²) in [5, 5.41) is 14.9. The van der Waals surface area contributed by atoms with E-state index in [4.69, 9.17) is 0 Å². The van der Waals surface area contributed by atoms with Crippen molar-refractivity contribution in [3.8, 4) is 0 Å². The number of carbonyl (C=O) groups is 1. The number of anilines is 1. The molecule has 0 aliphatic heterocycles. The number of thioether (sulfide) groups is 1. The van der Waals surface area contributed by atoms with E-state index in [0.717, 1.165) is 9.47 Å². The van der Waals surface area contributed by atoms with Gasteiger partial charge in [0.1, 0.15) is 0 Å². The van der Waals surface area contributed by atoms with E-state index >= 15 is 0 Å². The Balaban J connectivity index is 1.84. The molecule has 0 radical (unpaired) electrons. The van der Waals surface area contributed by atoms with Crippen LogP contribution in [0, 0.1) is 0 Å². The Bertz CT molecular complexity index is 391. The van der Waals surface area contributed by atoms with Crippen LogP contribution in [0.15, 0.2) is 4.34 Å². The van der Waals surface area contributed by atoms with Crippen LogP contribution in [0.5, 0.6) is 0 Å². The molecule has 2 N–H and O–H groups in total. The van der Waals surface area contributed by atoms with Crippen molar-refractivity contribution in [2.24, 2.45) is 0 Å². The molecule has 17 heavy (non-hydrogen) atoms. The molecule has 0 bridgehead atoms. The zero-order chi connectivity index (χ0) is 12.3. The molecule has 0 unspecified atom stereocenters. The maximum Gasteiger partial charge on any atom is 0.233 e. The lowest BCUT2D eigenvalue weighted by molar-refractivity contribution is -0.120. The first kappa shape index (κ1) is 12.6. The van der Waals surface area contributed by atoms with E-state index in [-0.39, 0.29) is 11.2 Å². The van der Waals surface area contributed by atoms with E-state index in [1.165, 1.54) is 35.9 Å². The van der Waals surface area contributed by atoms with E-state index in [0.29, 0.717) is 12.6 Å². The van der Waals surface area contributed by atoms with Gasteiger partial charge in [0.15, 0.2) is 4.34 Å². The number of aromatic nitrogens is 2. The zero-order valence-electron chi connectivity index (χ0n) is 9.90. The van der Waals surface area contributed by atoms with Crippen molar-refractivity contribution in [1.82, 2.24) is 15.5 Å². The Hall–Kier alpha value is -0.820. The van der Waals surface area contributed by atoms with Gasteiger partial charge in [-0.3, -0.25) is 4.79 Å². The van der Waals surface area contributed by atoms with E-state index < -0.39 is 0 Å². The lowest BCUT2D eigenvalue weighted by atomic mass is 10.4. The minimum absolute atomic E-state index is 0.0457. The number of amides is 1. The summed E-state index contributed by atoms with van der Waals surface area (Å²) >= 11 is 2.97. The average Bonchev–Trinajstić information content (AvgIpc) is 2.99. The summed E-state index contributed by atoms with van der Waals surface area (Å²) in [7, 11) is 0. The fourth-order valence-corrected chi connectivity index (χ4v) is 3.24. The highest BCUT2D eigenvalue weighted by molar-refractivity contribution is 8.02. The van der Waals surface area contributed by atoms with Gasteiger partial charge in [0.2, 0.25) is 11.0 Å². The third-order valence-corrected chi connectivity index (χ3v) is 4.35. The first-order chi connectivity index (χ1) is 8.19. The molecule has 1 aromatic rings. The third-order valence-electron chi connectivity index (χ3n) is 2.31. The molecule has 0 spiro atoms. The molecular weight excluding hydrogens is 256 g/mol. The largest absolute Gasteiger partial charge is 0.357 e. The Morgan fingerprint density at radius 1 is 1.59 bits per heavy atom. The van der Waals surface area contributed by atoms with Gasteiger partial charge in [-0.1, -0.05) is 23.1 Å². The van der Waals surface area contributed by atoms with Crippen LogP contribution in [-0.2, 0) is 4.79 Å². The van der Waals surface area contributed by atoms with Crippen molar-refractivity contribution in [2.45, 2.75) is 42.3 Å². The predicted octanol–water partition coefficient (Wildman–Crippen LogP) is 1.73. The Morgan fingerprint density at radius 3 is 3.00 bits per heavy atom. The van der Waals surface area contributed by atoms with Crippen LogP contribution in [0.4, 0.5) is 5.13 Å². The van der Waals surface area contributed by atoms with Gasteiger partial charge in [0, 0.05) is 12.6 Å². The number of nitrogens with zero attached hydrogens (tertiary/aromatic N) is 2. The number of hydrogen-bond donors (Lipinski definition) is 2. The molecule has 7 heteroatoms. The normalized spacial score (nSPS) is 16.6. The molecule has 94 valence electrons. The first-order valence-corrected chi connectivity index (χ1v) is 7.43. The maximum absolute atomic E-state index is 11.6. The molecule has 1 saturated carbocycles. The van der Waals surface area contributed by atoms with Crippen molar-refractivity contribution in [2.75, 3.05) is 11.9 Å². The van der Waals surface area contributed by atoms with Crippen LogP contribution in [0.3, 0.4) is 0 Å². The summed E-state index contributed by atoms with van der Waals surface area (Å²) < 4.78 is 0.840. The van der Waals surface area contributed by atoms with Gasteiger partial charge in [0.05, 0.1) is 5.25 Å². The maximum atomic E-state index is 11.6. The van der Waals surface area contributed by atoms with Crippen LogP contribution in [0.2, 0.25) is 0 Å². The second kappa shape index (κ2) is 5.68. The van der Waals surface area contributed by atoms with Crippen LogP contribution < -0.4 is 10.6 Å². The molecule has 0 saturated heterocycles. The van der Waals surface area contributed by atoms with Crippen LogP contribution in [-0.4, -0.2) is 33.9 Å². The molecule has 1 amide bonds. The third kappa shape index (κ3) is 3.85. The molecule has 1 heterocycles. The summed E-state index contributed by atoms with van der Waals surface area (Å²) in [6.07, 6.45) is 2.44. The summed E-state index contributed by atoms with van der Waals surface area (Å²) in [6, 6.07) is 0.585. The van der Waals surface area contributed by atoms with Gasteiger partial charge in [0.25, 0.3) is 0 Å². The molecule has 1 aliphatic rings. The lowest BCUT2D eigenvalue weighted by Gasteiger charge is -2.07. The molecule has 1 aromatic heterocycles. The number of rotatable bonds is 6. The average molecular weight is 272 g/mol. The second-order valence-corrected chi connectivity index (χ2v) is 6.51. The van der Waals surface area contributed by atoms with Gasteiger partial charge in [-0.2, -0.15) is 0 Å². The van der Waals surface area contributed by atoms with Crippen molar-refractivity contribution in [1.29, 1.82) is 0 Å². The molecule has 1 atom stereocenters. The van der Waals surface area contributed by atoms with Crippen LogP contribution >= 0.6 is 23.1 Å². The number of carbonyl (C=O) groups excluding carboxylic acids is 1. The molecule has 5 nitrogen and oxygen atoms in total. The van der Waals surface area contributed by atoms with Gasteiger partial charge in [-0.25, -0.2) is 0 Å². The summed E-state index contributed by atoms with van der Waals surface area (Å²) in [5.74, 6) is 0.0457. The molecule has 0 aromatic carbocycles. The van der Waals surface area contributed by atoms with Gasteiger partial charge in [-0.15, -0.1) is 10.2 Å². The minimum Gasteiger partial charge on any atom is -0.357 e. The summed E-state index contributed by atoms with van der Waals surface area (Å²) in [4.78, 5) is 11.6. The first-order valence-electron chi connectivity index (χ1n) is 5.73. The fourth-order valence-electron chi connectivity index (χ4n) is 1.24. The summed E-state index contributed by atoms with van der Waals surface area (Å²) in [5.41, 5.74) is 0. The molecule has 2 rings (SSSR count). The lowest BCUT2D eigenvalue weighted by Crippen LogP contribution is -2.30. The standard InChI is InChI=1S/C10H16N4OS2/c1-3-11-8(15)6(2)16-10-14-13-9(17-10)12-7-4-5-7/h6-7H,3-5H2,1-2H3,(H,11,15)(H,12,13)/t6-/m0/s1. The molecular formula is C10H16N4OS2. The Labute approximate surface area is 109 Å². The highest BCUT2D eigenvalue weighted by Gasteiger charge is 2.23. The van der Waals surface area contributed by atoms with Gasteiger partial charge in [-0.05, 0) is 26.7 Å². The van der Waals surface area contributed by atoms with E-state index in [1.807, 2.05) is 13.8 Å². The molecule has 1 aliphatic carbocycles. The van der Waals surface area contributed by atoms with Crippen molar-refractivity contribution in [3.05, 3.63) is 0 Å². The van der Waals surface area contributed by atoms with E-state index in [2.05, 4.69) is 20.8 Å². The van der Waals surface area contributed by atoms with Crippen LogP contribution in [0.25, 0.3) is 0 Å². The second-order valence-electron chi connectivity index (χ2n) is 3.95. The van der Waals surface area contributed by atoms with Crippen molar-refractivity contribution < 1.29 is 4.79 Å². The minimum atomic E-state index is -0.128. The highest BCUT2D eigenvalue weighted by atomic mass is 32.2. The van der Waals surface area contributed by atoms with Crippen molar-refractivity contribution in [3.63, 3.8) is 0 Å². The number of nitrogens with one attached hydrogen (secondary N) is 2. The Kier molecular flexibility index (Phi) is 4.22. The SMILES string of the molecule is CCNC(=O)[C@H](C)Sc1nnc(NC2CC2)s1. The monoisotopic (exact) mass is 272 g/mol. The summed E-state index contributed by atoms with van der Waals surface area (Å²) in [6.45, 7) is 4.46. The number of hydrogen-bond acceptors (Lipinski definition) is 6. The predicted molar refractivity (Wildman–Crippen MR) is 70.6 cm³/mol. The zero-order valence-corrected chi connectivity index (χ0v) is 11.5. The van der Waals surface area contributed by atoms with Crippen LogP contribution in [0.1, 0.15) is 26.7 Å². The van der Waals surface area contributed by atoms with Gasteiger partial charge < -0.3 is 10.6 Å².